The van der Waals surface area contributed by atoms with Crippen LogP contribution in [0.2, 0.25) is 0 Å². The van der Waals surface area contributed by atoms with Crippen molar-refractivity contribution in [3.05, 3.63) is 23.8 Å². The average Bonchev–Trinajstić information content (AvgIpc) is 3.30. The van der Waals surface area contributed by atoms with E-state index in [-0.39, 0.29) is 30.6 Å². The molecule has 1 saturated carbocycles. The summed E-state index contributed by atoms with van der Waals surface area (Å²) in [5.41, 5.74) is 1.13. The Hall–Kier alpha value is -2.44. The second-order valence-electron chi connectivity index (χ2n) is 6.57. The number of hydrogen-bond acceptors (Lipinski definition) is 5. The molecule has 0 bridgehead atoms. The zero-order valence-electron chi connectivity index (χ0n) is 14.3. The van der Waals surface area contributed by atoms with Gasteiger partial charge in [-0.05, 0) is 37.0 Å². The van der Waals surface area contributed by atoms with Gasteiger partial charge in [0.15, 0.2) is 11.5 Å². The largest absolute Gasteiger partial charge is 0.454 e. The lowest BCUT2D eigenvalue weighted by atomic mass is 10.1. The minimum atomic E-state index is -0.292. The summed E-state index contributed by atoms with van der Waals surface area (Å²) in [5.74, 6) is 2.01. The molecule has 1 aromatic rings. The van der Waals surface area contributed by atoms with Gasteiger partial charge in [-0.2, -0.15) is 0 Å². The van der Waals surface area contributed by atoms with E-state index in [2.05, 4.69) is 0 Å². The second kappa shape index (κ2) is 6.46. The molecule has 1 saturated heterocycles. The summed E-state index contributed by atoms with van der Waals surface area (Å²) in [6, 6.07) is 5.92. The van der Waals surface area contributed by atoms with Crippen molar-refractivity contribution in [2.45, 2.75) is 19.3 Å². The van der Waals surface area contributed by atoms with Crippen molar-refractivity contribution >= 4 is 12.0 Å². The molecule has 1 aromatic carbocycles. The third-order valence-electron chi connectivity index (χ3n) is 5.05. The molecule has 4 rings (SSSR count). The summed E-state index contributed by atoms with van der Waals surface area (Å²) in [6.45, 7) is 4.64. The van der Waals surface area contributed by atoms with E-state index < -0.39 is 0 Å². The molecule has 0 unspecified atom stereocenters. The van der Waals surface area contributed by atoms with Crippen LogP contribution in [0, 0.1) is 5.92 Å². The Balaban J connectivity index is 1.32. The van der Waals surface area contributed by atoms with Crippen LogP contribution in [0.5, 0.6) is 11.5 Å². The first-order valence-corrected chi connectivity index (χ1v) is 8.77. The Labute approximate surface area is 146 Å². The fraction of sp³-hybridized carbons (Fsp3) is 0.556. The maximum atomic E-state index is 12.7. The zero-order chi connectivity index (χ0) is 17.4. The first-order valence-electron chi connectivity index (χ1n) is 8.77. The normalized spacial score (nSPS) is 24.2. The Morgan fingerprint density at radius 1 is 1.12 bits per heavy atom. The Morgan fingerprint density at radius 2 is 1.84 bits per heavy atom. The van der Waals surface area contributed by atoms with E-state index in [9.17, 15) is 9.59 Å². The molecular weight excluding hydrogens is 324 g/mol. The molecule has 1 aliphatic carbocycles. The number of fused-ring (bicyclic) bond motifs is 1. The first kappa shape index (κ1) is 16.1. The fourth-order valence-corrected chi connectivity index (χ4v) is 3.54. The molecule has 2 amide bonds. The van der Waals surface area contributed by atoms with Gasteiger partial charge >= 0.3 is 6.09 Å². The molecule has 134 valence electrons. The molecule has 7 heteroatoms. The van der Waals surface area contributed by atoms with Crippen LogP contribution in [0.1, 0.15) is 24.8 Å². The third kappa shape index (κ3) is 3.10. The fourth-order valence-electron chi connectivity index (χ4n) is 3.54. The lowest BCUT2D eigenvalue weighted by Crippen LogP contribution is -2.51. The number of benzene rings is 1. The lowest BCUT2D eigenvalue weighted by molar-refractivity contribution is -0.134. The molecule has 7 nitrogen and oxygen atoms in total. The van der Waals surface area contributed by atoms with Crippen LogP contribution in [0.4, 0.5) is 4.79 Å². The van der Waals surface area contributed by atoms with Crippen LogP contribution in [-0.2, 0) is 9.53 Å². The van der Waals surface area contributed by atoms with E-state index in [0.717, 1.165) is 23.5 Å². The Morgan fingerprint density at radius 3 is 2.60 bits per heavy atom. The van der Waals surface area contributed by atoms with Gasteiger partial charge in [-0.15, -0.1) is 0 Å². The number of carbonyl (C=O) groups is 2. The van der Waals surface area contributed by atoms with E-state index >= 15 is 0 Å². The molecule has 3 aliphatic rings. The van der Waals surface area contributed by atoms with Gasteiger partial charge in [-0.3, -0.25) is 4.79 Å². The van der Waals surface area contributed by atoms with Crippen LogP contribution >= 0.6 is 0 Å². The number of piperazine rings is 1. The predicted molar refractivity (Wildman–Crippen MR) is 88.6 cm³/mol. The molecule has 0 aromatic heterocycles. The molecule has 2 heterocycles. The van der Waals surface area contributed by atoms with E-state index in [4.69, 9.17) is 14.2 Å². The van der Waals surface area contributed by atoms with Crippen molar-refractivity contribution in [3.63, 3.8) is 0 Å². The molecule has 2 aliphatic heterocycles. The maximum Gasteiger partial charge on any atom is 0.409 e. The van der Waals surface area contributed by atoms with Crippen molar-refractivity contribution < 1.29 is 23.8 Å². The van der Waals surface area contributed by atoms with Crippen LogP contribution in [0.15, 0.2) is 18.2 Å². The average molecular weight is 346 g/mol. The summed E-state index contributed by atoms with van der Waals surface area (Å²) in [6.07, 6.45) is 0.579. The van der Waals surface area contributed by atoms with Gasteiger partial charge in [0, 0.05) is 32.1 Å². The Bertz CT molecular complexity index is 684. The SMILES string of the molecule is CCOC(=O)N1CCN(C(=O)[C@@H]2C[C@H]2c2ccc3c(c2)OCO3)CC1. The molecule has 0 radical (unpaired) electrons. The van der Waals surface area contributed by atoms with Crippen LogP contribution in [0.25, 0.3) is 0 Å². The molecule has 0 spiro atoms. The summed E-state index contributed by atoms with van der Waals surface area (Å²) in [4.78, 5) is 28.0. The molecule has 0 N–H and O–H groups in total. The number of hydrogen-bond donors (Lipinski definition) is 0. The predicted octanol–water partition coefficient (Wildman–Crippen LogP) is 1.82. The highest BCUT2D eigenvalue weighted by Gasteiger charge is 2.46. The second-order valence-corrected chi connectivity index (χ2v) is 6.57. The van der Waals surface area contributed by atoms with Crippen molar-refractivity contribution in [2.24, 2.45) is 5.92 Å². The molecular formula is C18H22N2O5. The highest BCUT2D eigenvalue weighted by atomic mass is 16.7. The van der Waals surface area contributed by atoms with Gasteiger partial charge in [0.25, 0.3) is 0 Å². The van der Waals surface area contributed by atoms with E-state index in [0.29, 0.717) is 32.8 Å². The summed E-state index contributed by atoms with van der Waals surface area (Å²) >= 11 is 0. The highest BCUT2D eigenvalue weighted by molar-refractivity contribution is 5.83. The van der Waals surface area contributed by atoms with Gasteiger partial charge in [0.1, 0.15) is 0 Å². The molecule has 25 heavy (non-hydrogen) atoms. The lowest BCUT2D eigenvalue weighted by Gasteiger charge is -2.34. The smallest absolute Gasteiger partial charge is 0.409 e. The van der Waals surface area contributed by atoms with Crippen LogP contribution in [-0.4, -0.2) is 61.4 Å². The number of amides is 2. The van der Waals surface area contributed by atoms with Gasteiger partial charge < -0.3 is 24.0 Å². The third-order valence-corrected chi connectivity index (χ3v) is 5.05. The summed E-state index contributed by atoms with van der Waals surface area (Å²) in [5, 5.41) is 0. The quantitative estimate of drug-likeness (QED) is 0.835. The number of ether oxygens (including phenoxy) is 3. The van der Waals surface area contributed by atoms with Gasteiger partial charge in [0.2, 0.25) is 12.7 Å². The number of carbonyl (C=O) groups excluding carboxylic acids is 2. The molecule has 2 atom stereocenters. The monoisotopic (exact) mass is 346 g/mol. The van der Waals surface area contributed by atoms with E-state index in [1.165, 1.54) is 0 Å². The number of nitrogens with zero attached hydrogens (tertiary/aromatic N) is 2. The van der Waals surface area contributed by atoms with E-state index in [1.807, 2.05) is 23.1 Å². The van der Waals surface area contributed by atoms with Crippen molar-refractivity contribution in [2.75, 3.05) is 39.6 Å². The summed E-state index contributed by atoms with van der Waals surface area (Å²) in [7, 11) is 0. The zero-order valence-corrected chi connectivity index (χ0v) is 14.3. The number of rotatable bonds is 3. The summed E-state index contributed by atoms with van der Waals surface area (Å²) < 4.78 is 15.8. The maximum absolute atomic E-state index is 12.7. The minimum absolute atomic E-state index is 0.0366. The van der Waals surface area contributed by atoms with Gasteiger partial charge in [-0.1, -0.05) is 6.07 Å². The van der Waals surface area contributed by atoms with Crippen molar-refractivity contribution in [3.8, 4) is 11.5 Å². The topological polar surface area (TPSA) is 68.3 Å². The minimum Gasteiger partial charge on any atom is -0.454 e. The highest BCUT2D eigenvalue weighted by Crippen LogP contribution is 2.50. The van der Waals surface area contributed by atoms with Gasteiger partial charge in [-0.25, -0.2) is 4.79 Å². The van der Waals surface area contributed by atoms with Crippen LogP contribution < -0.4 is 9.47 Å². The molecule has 2 fully saturated rings. The van der Waals surface area contributed by atoms with E-state index in [1.54, 1.807) is 11.8 Å². The standard InChI is InChI=1S/C18H22N2O5/c1-2-23-18(22)20-7-5-19(6-8-20)17(21)14-10-13(14)12-3-4-15-16(9-12)25-11-24-15/h3-4,9,13-14H,2,5-8,10-11H2,1H3/t13-,14+/m0/s1. The first-order chi connectivity index (χ1) is 12.2. The van der Waals surface area contributed by atoms with Crippen molar-refractivity contribution in [1.82, 2.24) is 9.80 Å². The van der Waals surface area contributed by atoms with Crippen LogP contribution in [0.3, 0.4) is 0 Å². The Kier molecular flexibility index (Phi) is 4.15. The van der Waals surface area contributed by atoms with Gasteiger partial charge in [0.05, 0.1) is 6.61 Å². The van der Waals surface area contributed by atoms with Crippen molar-refractivity contribution in [1.29, 1.82) is 0 Å².